The maximum absolute atomic E-state index is 13.6. The number of carbonyl (C=O) groups excluding carboxylic acids is 1. The first-order valence-electron chi connectivity index (χ1n) is 12.4. The van der Waals surface area contributed by atoms with E-state index in [0.717, 1.165) is 12.1 Å². The van der Waals surface area contributed by atoms with Crippen LogP contribution in [0.3, 0.4) is 0 Å². The molecule has 2 aliphatic heterocycles. The molecule has 0 saturated carbocycles. The van der Waals surface area contributed by atoms with Gasteiger partial charge in [0, 0.05) is 38.9 Å². The van der Waals surface area contributed by atoms with Crippen LogP contribution in [-0.4, -0.2) is 59.8 Å². The van der Waals surface area contributed by atoms with Crippen LogP contribution in [0.5, 0.6) is 0 Å². The number of piperidine rings is 1. The molecule has 1 aromatic heterocycles. The smallest absolute Gasteiger partial charge is 0.396 e. The Kier molecular flexibility index (Phi) is 8.05. The minimum atomic E-state index is -4.77. The van der Waals surface area contributed by atoms with E-state index in [9.17, 15) is 36.2 Å². The number of amides is 1. The Bertz CT molecular complexity index is 1150. The summed E-state index contributed by atoms with van der Waals surface area (Å²) in [5.74, 6) is -1.43. The van der Waals surface area contributed by atoms with Crippen molar-refractivity contribution in [3.63, 3.8) is 0 Å². The van der Waals surface area contributed by atoms with Gasteiger partial charge in [0.1, 0.15) is 17.7 Å². The summed E-state index contributed by atoms with van der Waals surface area (Å²) in [5, 5.41) is 12.1. The maximum atomic E-state index is 13.6. The molecule has 2 saturated heterocycles. The molecule has 4 rings (SSSR count). The second-order valence-electron chi connectivity index (χ2n) is 9.70. The van der Waals surface area contributed by atoms with E-state index in [0.29, 0.717) is 56.4 Å². The highest BCUT2D eigenvalue weighted by molar-refractivity contribution is 5.86. The van der Waals surface area contributed by atoms with Gasteiger partial charge in [-0.15, -0.1) is 0 Å². The van der Waals surface area contributed by atoms with E-state index in [1.54, 1.807) is 11.8 Å². The van der Waals surface area contributed by atoms with Crippen LogP contribution in [0.4, 0.5) is 38.0 Å². The first-order valence-corrected chi connectivity index (χ1v) is 12.4. The lowest BCUT2D eigenvalue weighted by Crippen LogP contribution is -2.57. The summed E-state index contributed by atoms with van der Waals surface area (Å²) < 4.78 is 79.4. The lowest BCUT2D eigenvalue weighted by molar-refractivity contribution is -0.144. The van der Waals surface area contributed by atoms with Crippen molar-refractivity contribution >= 4 is 17.5 Å². The van der Waals surface area contributed by atoms with Crippen LogP contribution < -0.4 is 15.1 Å². The largest absolute Gasteiger partial charge is 0.451 e. The molecule has 0 radical (unpaired) electrons. The molecule has 1 aromatic carbocycles. The summed E-state index contributed by atoms with van der Waals surface area (Å²) in [6, 6.07) is 4.17. The molecule has 2 aromatic rings. The molecule has 0 unspecified atom stereocenters. The lowest BCUT2D eigenvalue weighted by Gasteiger charge is -2.41. The second kappa shape index (κ2) is 11.0. The van der Waals surface area contributed by atoms with E-state index in [4.69, 9.17) is 0 Å². The van der Waals surface area contributed by atoms with Gasteiger partial charge in [-0.25, -0.2) is 9.97 Å². The average molecular weight is 546 g/mol. The van der Waals surface area contributed by atoms with Gasteiger partial charge in [-0.3, -0.25) is 4.79 Å². The van der Waals surface area contributed by atoms with E-state index in [1.807, 2.05) is 0 Å². The molecule has 2 N–H and O–H groups in total. The number of anilines is 2. The monoisotopic (exact) mass is 545 g/mol. The number of hydrogen-bond donors (Lipinski definition) is 2. The minimum absolute atomic E-state index is 0.0107. The summed E-state index contributed by atoms with van der Waals surface area (Å²) in [6.45, 7) is 3.00. The quantitative estimate of drug-likeness (QED) is 0.513. The third-order valence-corrected chi connectivity index (χ3v) is 7.13. The number of carbonyl (C=O) groups is 1. The fourth-order valence-electron chi connectivity index (χ4n) is 4.73. The van der Waals surface area contributed by atoms with Gasteiger partial charge in [0.05, 0.1) is 5.56 Å². The molecule has 0 aliphatic carbocycles. The van der Waals surface area contributed by atoms with E-state index in [2.05, 4.69) is 15.3 Å². The predicted molar refractivity (Wildman–Crippen MR) is 128 cm³/mol. The van der Waals surface area contributed by atoms with Crippen molar-refractivity contribution in [1.29, 1.82) is 0 Å². The van der Waals surface area contributed by atoms with Crippen LogP contribution in [0, 0.1) is 12.8 Å². The highest BCUT2D eigenvalue weighted by atomic mass is 19.4. The molecule has 0 bridgehead atoms. The highest BCUT2D eigenvalue weighted by Crippen LogP contribution is 2.34. The SMILES string of the molecule is Cc1cc(C(F)(F)F)ccc1CCNC(=O)[C@@H]1CCN1c1cc(N2CCC(CO)CC2)nc(C(F)(F)F)n1. The second-order valence-corrected chi connectivity index (χ2v) is 9.70. The Morgan fingerprint density at radius 3 is 2.24 bits per heavy atom. The number of hydrogen-bond acceptors (Lipinski definition) is 6. The van der Waals surface area contributed by atoms with E-state index < -0.39 is 35.7 Å². The number of benzene rings is 1. The number of halogens is 6. The van der Waals surface area contributed by atoms with E-state index >= 15 is 0 Å². The summed E-state index contributed by atoms with van der Waals surface area (Å²) in [5.41, 5.74) is 0.368. The Labute approximate surface area is 215 Å². The number of aryl methyl sites for hydroxylation is 1. The Balaban J connectivity index is 1.42. The molecule has 2 aliphatic rings. The fraction of sp³-hybridized carbons (Fsp3) is 0.560. The number of nitrogens with zero attached hydrogens (tertiary/aromatic N) is 4. The summed E-state index contributed by atoms with van der Waals surface area (Å²) in [6.07, 6.45) is -7.21. The van der Waals surface area contributed by atoms with Gasteiger partial charge in [0.25, 0.3) is 0 Å². The zero-order valence-corrected chi connectivity index (χ0v) is 20.7. The first kappa shape index (κ1) is 27.9. The van der Waals surface area contributed by atoms with Gasteiger partial charge in [-0.05, 0) is 61.8 Å². The summed E-state index contributed by atoms with van der Waals surface area (Å²) in [4.78, 5) is 23.5. The molecule has 1 amide bonds. The Morgan fingerprint density at radius 2 is 1.68 bits per heavy atom. The fourth-order valence-corrected chi connectivity index (χ4v) is 4.73. The molecule has 2 fully saturated rings. The van der Waals surface area contributed by atoms with Crippen molar-refractivity contribution in [1.82, 2.24) is 15.3 Å². The van der Waals surface area contributed by atoms with Crippen LogP contribution in [-0.2, 0) is 23.6 Å². The van der Waals surface area contributed by atoms with Crippen molar-refractivity contribution in [2.75, 3.05) is 42.6 Å². The van der Waals surface area contributed by atoms with Crippen molar-refractivity contribution in [3.05, 3.63) is 46.8 Å². The molecule has 13 heteroatoms. The van der Waals surface area contributed by atoms with Crippen LogP contribution in [0.2, 0.25) is 0 Å². The normalized spacial score (nSPS) is 18.9. The highest BCUT2D eigenvalue weighted by Gasteiger charge is 2.40. The van der Waals surface area contributed by atoms with Crippen molar-refractivity contribution < 1.29 is 36.2 Å². The molecule has 0 spiro atoms. The average Bonchev–Trinajstić information content (AvgIpc) is 2.83. The summed E-state index contributed by atoms with van der Waals surface area (Å²) in [7, 11) is 0. The minimum Gasteiger partial charge on any atom is -0.396 e. The standard InChI is InChI=1S/C25H29F6N5O2/c1-15-12-18(24(26,27)28)3-2-17(15)4-8-32-22(38)19-7-11-36(19)21-13-20(33-23(34-21)25(29,30)31)35-9-5-16(14-37)6-10-35/h2-3,12-13,16,19,37H,4-11,14H2,1H3,(H,32,38)/t19-/m0/s1. The Hall–Kier alpha value is -3.09. The number of nitrogens with one attached hydrogen (secondary N) is 1. The zero-order chi connectivity index (χ0) is 27.7. The first-order chi connectivity index (χ1) is 17.9. The summed E-state index contributed by atoms with van der Waals surface area (Å²) >= 11 is 0. The molecular formula is C25H29F6N5O2. The zero-order valence-electron chi connectivity index (χ0n) is 20.7. The van der Waals surface area contributed by atoms with Gasteiger partial charge in [0.2, 0.25) is 11.7 Å². The van der Waals surface area contributed by atoms with Crippen LogP contribution >= 0.6 is 0 Å². The molecule has 38 heavy (non-hydrogen) atoms. The Morgan fingerprint density at radius 1 is 1.00 bits per heavy atom. The maximum Gasteiger partial charge on any atom is 0.451 e. The molecular weight excluding hydrogens is 516 g/mol. The van der Waals surface area contributed by atoms with Crippen LogP contribution in [0.1, 0.15) is 41.8 Å². The van der Waals surface area contributed by atoms with Gasteiger partial charge in [-0.1, -0.05) is 6.07 Å². The van der Waals surface area contributed by atoms with Crippen molar-refractivity contribution in [3.8, 4) is 0 Å². The number of alkyl halides is 6. The molecule has 208 valence electrons. The van der Waals surface area contributed by atoms with Gasteiger partial charge >= 0.3 is 12.4 Å². The third kappa shape index (κ3) is 6.30. The van der Waals surface area contributed by atoms with Crippen LogP contribution in [0.15, 0.2) is 24.3 Å². The lowest BCUT2D eigenvalue weighted by atomic mass is 9.98. The van der Waals surface area contributed by atoms with Gasteiger partial charge in [0.15, 0.2) is 0 Å². The van der Waals surface area contributed by atoms with E-state index in [1.165, 1.54) is 17.0 Å². The predicted octanol–water partition coefficient (Wildman–Crippen LogP) is 3.97. The van der Waals surface area contributed by atoms with Crippen molar-refractivity contribution in [2.24, 2.45) is 5.92 Å². The third-order valence-electron chi connectivity index (χ3n) is 7.13. The topological polar surface area (TPSA) is 81.6 Å². The van der Waals surface area contributed by atoms with Crippen LogP contribution in [0.25, 0.3) is 0 Å². The molecule has 3 heterocycles. The number of aliphatic hydroxyl groups excluding tert-OH is 1. The number of aromatic nitrogens is 2. The van der Waals surface area contributed by atoms with Gasteiger partial charge < -0.3 is 20.2 Å². The number of rotatable bonds is 7. The van der Waals surface area contributed by atoms with E-state index in [-0.39, 0.29) is 30.7 Å². The molecule has 1 atom stereocenters. The van der Waals surface area contributed by atoms with Gasteiger partial charge in [-0.2, -0.15) is 26.3 Å². The number of aliphatic hydroxyl groups is 1. The molecule has 7 nitrogen and oxygen atoms in total. The van der Waals surface area contributed by atoms with Crippen molar-refractivity contribution in [2.45, 2.75) is 51.0 Å².